The van der Waals surface area contributed by atoms with E-state index in [-0.39, 0.29) is 11.8 Å². The zero-order chi connectivity index (χ0) is 18.8. The predicted octanol–water partition coefficient (Wildman–Crippen LogP) is 0.0778. The summed E-state index contributed by atoms with van der Waals surface area (Å²) in [6, 6.07) is 0. The number of esters is 1. The second kappa shape index (κ2) is 4.51. The van der Waals surface area contributed by atoms with Crippen molar-refractivity contribution in [3.05, 3.63) is 12.2 Å². The van der Waals surface area contributed by atoms with Gasteiger partial charge in [-0.3, -0.25) is 9.59 Å². The molecular weight excluding hydrogens is 340 g/mol. The molecule has 7 heteroatoms. The molecule has 5 aliphatic rings. The van der Waals surface area contributed by atoms with Crippen molar-refractivity contribution in [2.24, 2.45) is 34.5 Å². The van der Waals surface area contributed by atoms with Crippen LogP contribution < -0.4 is 0 Å². The molecule has 4 N–H and O–H groups in total. The molecule has 4 saturated carbocycles. The van der Waals surface area contributed by atoms with Crippen LogP contribution in [0, 0.1) is 34.5 Å². The molecule has 4 bridgehead atoms. The second-order valence-corrected chi connectivity index (χ2v) is 9.30. The lowest BCUT2D eigenvalue weighted by Crippen LogP contribution is -2.67. The summed E-state index contributed by atoms with van der Waals surface area (Å²) in [4.78, 5) is 25.2. The van der Waals surface area contributed by atoms with Crippen molar-refractivity contribution >= 4 is 11.9 Å². The summed E-state index contributed by atoms with van der Waals surface area (Å²) in [5.74, 6) is -3.66. The molecule has 0 aromatic rings. The average Bonchev–Trinajstić information content (AvgIpc) is 3.07. The van der Waals surface area contributed by atoms with Gasteiger partial charge in [-0.1, -0.05) is 12.2 Å². The number of aliphatic hydroxyl groups excluding tert-OH is 3. The third-order valence-corrected chi connectivity index (χ3v) is 8.59. The lowest BCUT2D eigenvalue weighted by atomic mass is 9.57. The van der Waals surface area contributed by atoms with Gasteiger partial charge in [0.1, 0.15) is 23.2 Å². The summed E-state index contributed by atoms with van der Waals surface area (Å²) in [5, 5.41) is 42.2. The molecule has 1 heterocycles. The highest BCUT2D eigenvalue weighted by Crippen LogP contribution is 2.77. The van der Waals surface area contributed by atoms with Crippen LogP contribution in [0.5, 0.6) is 0 Å². The number of carboxylic acid groups (broad SMARTS) is 1. The molecule has 4 aliphatic carbocycles. The Morgan fingerprint density at radius 2 is 1.92 bits per heavy atom. The minimum absolute atomic E-state index is 0.249. The zero-order valence-corrected chi connectivity index (χ0v) is 14.6. The van der Waals surface area contributed by atoms with Crippen molar-refractivity contribution in [1.29, 1.82) is 0 Å². The van der Waals surface area contributed by atoms with E-state index < -0.39 is 58.5 Å². The Morgan fingerprint density at radius 1 is 1.23 bits per heavy atom. The molecule has 1 saturated heterocycles. The van der Waals surface area contributed by atoms with Gasteiger partial charge in [-0.05, 0) is 43.9 Å². The molecule has 10 atom stereocenters. The number of carbonyl (C=O) groups excluding carboxylic acids is 1. The van der Waals surface area contributed by atoms with Crippen LogP contribution >= 0.6 is 0 Å². The SMILES string of the molecule is C=C1CC23CC1CCC2C12OC(=O)C(C)(C(O)C(O)C1O)C2C3C(=O)O. The van der Waals surface area contributed by atoms with Gasteiger partial charge >= 0.3 is 11.9 Å². The molecule has 0 aromatic carbocycles. The molecule has 5 rings (SSSR count). The van der Waals surface area contributed by atoms with Gasteiger partial charge in [0, 0.05) is 11.8 Å². The first kappa shape index (κ1) is 16.7. The molecule has 0 amide bonds. The molecule has 1 spiro atoms. The lowest BCUT2D eigenvalue weighted by Gasteiger charge is -2.49. The van der Waals surface area contributed by atoms with Gasteiger partial charge in [-0.2, -0.15) is 0 Å². The van der Waals surface area contributed by atoms with E-state index in [1.165, 1.54) is 6.92 Å². The third-order valence-electron chi connectivity index (χ3n) is 8.59. The molecule has 7 nitrogen and oxygen atoms in total. The Labute approximate surface area is 150 Å². The van der Waals surface area contributed by atoms with E-state index in [0.29, 0.717) is 19.3 Å². The monoisotopic (exact) mass is 364 g/mol. The van der Waals surface area contributed by atoms with Crippen molar-refractivity contribution in [2.45, 2.75) is 56.5 Å². The van der Waals surface area contributed by atoms with E-state index in [9.17, 15) is 30.0 Å². The highest BCUT2D eigenvalue weighted by atomic mass is 16.6. The van der Waals surface area contributed by atoms with Gasteiger partial charge in [-0.25, -0.2) is 0 Å². The molecule has 26 heavy (non-hydrogen) atoms. The summed E-state index contributed by atoms with van der Waals surface area (Å²) >= 11 is 0. The molecular formula is C19H24O7. The number of allylic oxidation sites excluding steroid dienone is 1. The van der Waals surface area contributed by atoms with Crippen molar-refractivity contribution in [2.75, 3.05) is 0 Å². The molecule has 10 unspecified atom stereocenters. The van der Waals surface area contributed by atoms with Crippen LogP contribution in [0.2, 0.25) is 0 Å². The van der Waals surface area contributed by atoms with Gasteiger partial charge < -0.3 is 25.2 Å². The number of carbonyl (C=O) groups is 2. The van der Waals surface area contributed by atoms with Crippen LogP contribution in [-0.2, 0) is 14.3 Å². The standard InChI is InChI=1S/C19H24O7/c1-7-5-18-6-8(7)3-4-9(18)19-12(10(18)15(23)24)17(2,16(25)26-19)13(21)11(20)14(19)22/h8-14,20-22H,1,3-6H2,2H3,(H,23,24). The van der Waals surface area contributed by atoms with Gasteiger partial charge in [0.15, 0.2) is 0 Å². The van der Waals surface area contributed by atoms with Crippen LogP contribution in [0.25, 0.3) is 0 Å². The van der Waals surface area contributed by atoms with Gasteiger partial charge in [-0.15, -0.1) is 0 Å². The van der Waals surface area contributed by atoms with E-state index in [1.807, 2.05) is 0 Å². The van der Waals surface area contributed by atoms with Crippen molar-refractivity contribution in [3.8, 4) is 0 Å². The van der Waals surface area contributed by atoms with Crippen LogP contribution in [0.3, 0.4) is 0 Å². The number of aliphatic carboxylic acids is 1. The van der Waals surface area contributed by atoms with Crippen LogP contribution in [0.1, 0.15) is 32.6 Å². The van der Waals surface area contributed by atoms with Crippen molar-refractivity contribution < 1.29 is 34.8 Å². The fourth-order valence-corrected chi connectivity index (χ4v) is 7.69. The van der Waals surface area contributed by atoms with E-state index in [2.05, 4.69) is 6.58 Å². The minimum Gasteiger partial charge on any atom is -0.481 e. The summed E-state index contributed by atoms with van der Waals surface area (Å²) < 4.78 is 5.78. The van der Waals surface area contributed by atoms with Crippen molar-refractivity contribution in [1.82, 2.24) is 0 Å². The molecule has 0 radical (unpaired) electrons. The van der Waals surface area contributed by atoms with Crippen LogP contribution in [0.4, 0.5) is 0 Å². The number of aliphatic hydroxyl groups is 3. The van der Waals surface area contributed by atoms with Crippen LogP contribution in [-0.4, -0.2) is 56.3 Å². The maximum Gasteiger partial charge on any atom is 0.315 e. The molecule has 142 valence electrons. The summed E-state index contributed by atoms with van der Waals surface area (Å²) in [6.07, 6.45) is -2.00. The number of ether oxygens (including phenoxy) is 1. The van der Waals surface area contributed by atoms with Crippen LogP contribution in [0.15, 0.2) is 12.2 Å². The Morgan fingerprint density at radius 3 is 2.58 bits per heavy atom. The first-order valence-electron chi connectivity index (χ1n) is 9.30. The number of fused-ring (bicyclic) bond motifs is 1. The highest BCUT2D eigenvalue weighted by molar-refractivity contribution is 5.86. The smallest absolute Gasteiger partial charge is 0.315 e. The highest BCUT2D eigenvalue weighted by Gasteiger charge is 2.86. The average molecular weight is 364 g/mol. The lowest BCUT2D eigenvalue weighted by molar-refractivity contribution is -0.216. The topological polar surface area (TPSA) is 124 Å². The first-order valence-corrected chi connectivity index (χ1v) is 9.30. The predicted molar refractivity (Wildman–Crippen MR) is 86.6 cm³/mol. The minimum atomic E-state index is -1.57. The Hall–Kier alpha value is -1.44. The van der Waals surface area contributed by atoms with E-state index in [1.54, 1.807) is 0 Å². The fourth-order valence-electron chi connectivity index (χ4n) is 7.69. The van der Waals surface area contributed by atoms with Gasteiger partial charge in [0.2, 0.25) is 0 Å². The Balaban J connectivity index is 1.80. The Kier molecular flexibility index (Phi) is 2.90. The van der Waals surface area contributed by atoms with Gasteiger partial charge in [0.05, 0.1) is 12.0 Å². The molecule has 5 fully saturated rings. The normalized spacial score (nSPS) is 59.8. The number of carboxylic acids is 1. The Bertz CT molecular complexity index is 748. The summed E-state index contributed by atoms with van der Waals surface area (Å²) in [6.45, 7) is 5.62. The maximum atomic E-state index is 12.8. The maximum absolute atomic E-state index is 12.8. The summed E-state index contributed by atoms with van der Waals surface area (Å²) in [5.41, 5.74) is -2.63. The quantitative estimate of drug-likeness (QED) is 0.384. The fraction of sp³-hybridized carbons (Fsp3) is 0.789. The number of hydrogen-bond donors (Lipinski definition) is 4. The molecule has 1 aliphatic heterocycles. The third kappa shape index (κ3) is 1.40. The second-order valence-electron chi connectivity index (χ2n) is 9.30. The van der Waals surface area contributed by atoms with E-state index in [4.69, 9.17) is 4.74 Å². The van der Waals surface area contributed by atoms with Crippen molar-refractivity contribution in [3.63, 3.8) is 0 Å². The summed E-state index contributed by atoms with van der Waals surface area (Å²) in [7, 11) is 0. The largest absolute Gasteiger partial charge is 0.481 e. The van der Waals surface area contributed by atoms with Gasteiger partial charge in [0.25, 0.3) is 0 Å². The first-order chi connectivity index (χ1) is 12.1. The number of rotatable bonds is 1. The van der Waals surface area contributed by atoms with E-state index >= 15 is 0 Å². The zero-order valence-electron chi connectivity index (χ0n) is 14.6. The number of hydrogen-bond acceptors (Lipinski definition) is 6. The molecule has 0 aromatic heterocycles. The van der Waals surface area contributed by atoms with E-state index in [0.717, 1.165) is 12.0 Å².